The van der Waals surface area contributed by atoms with Crippen LogP contribution in [0.1, 0.15) is 11.1 Å². The Bertz CT molecular complexity index is 560. The van der Waals surface area contributed by atoms with Gasteiger partial charge in [0.2, 0.25) is 5.91 Å². The van der Waals surface area contributed by atoms with Crippen molar-refractivity contribution >= 4 is 15.7 Å². The van der Waals surface area contributed by atoms with E-state index in [1.54, 1.807) is 23.6 Å². The number of carbonyl (C=O) groups excluding carboxylic acids is 1. The Labute approximate surface area is 98.9 Å². The highest BCUT2D eigenvalue weighted by molar-refractivity contribution is 7.91. The van der Waals surface area contributed by atoms with Crippen LogP contribution in [0.2, 0.25) is 0 Å². The number of nitrogens with one attached hydrogen (secondary N) is 1. The molecule has 0 aliphatic heterocycles. The van der Waals surface area contributed by atoms with Gasteiger partial charge in [-0.15, -0.1) is 0 Å². The minimum atomic E-state index is -3.57. The number of amides is 1. The van der Waals surface area contributed by atoms with E-state index in [4.69, 9.17) is 11.1 Å². The van der Waals surface area contributed by atoms with Crippen molar-refractivity contribution in [3.05, 3.63) is 35.4 Å². The van der Waals surface area contributed by atoms with E-state index in [0.717, 1.165) is 0 Å². The number of hydrogen-bond donors (Lipinski definition) is 2. The van der Waals surface area contributed by atoms with Gasteiger partial charge in [0.1, 0.15) is 5.75 Å². The molecule has 1 aromatic carbocycles. The maximum absolute atomic E-state index is 11.6. The molecule has 17 heavy (non-hydrogen) atoms. The summed E-state index contributed by atoms with van der Waals surface area (Å²) in [7, 11) is -3.57. The van der Waals surface area contributed by atoms with Gasteiger partial charge in [0.15, 0.2) is 9.84 Å². The van der Waals surface area contributed by atoms with E-state index in [1.165, 1.54) is 6.07 Å². The van der Waals surface area contributed by atoms with Crippen LogP contribution in [-0.4, -0.2) is 20.1 Å². The zero-order chi connectivity index (χ0) is 12.9. The molecule has 0 atom stereocenters. The highest BCUT2D eigenvalue weighted by Gasteiger charge is 2.16. The lowest BCUT2D eigenvalue weighted by molar-refractivity contribution is -0.118. The summed E-state index contributed by atoms with van der Waals surface area (Å²) in [5, 5.41) is 8.66. The monoisotopic (exact) mass is 253 g/mol. The smallest absolute Gasteiger partial charge is 0.249 e. The molecule has 6 nitrogen and oxygen atoms in total. The van der Waals surface area contributed by atoms with Crippen LogP contribution in [0.15, 0.2) is 24.3 Å². The van der Waals surface area contributed by atoms with Crippen LogP contribution >= 0.6 is 0 Å². The molecule has 0 aliphatic rings. The fraction of sp³-hybridized carbons (Fsp3) is 0.200. The van der Waals surface area contributed by atoms with Crippen LogP contribution in [0.3, 0.4) is 0 Å². The van der Waals surface area contributed by atoms with Gasteiger partial charge in [-0.05, 0) is 17.7 Å². The van der Waals surface area contributed by atoms with Crippen molar-refractivity contribution in [1.82, 2.24) is 5.43 Å². The molecule has 1 rings (SSSR count). The minimum Gasteiger partial charge on any atom is -0.293 e. The normalized spacial score (nSPS) is 10.6. The second-order valence-corrected chi connectivity index (χ2v) is 5.48. The third-order valence-electron chi connectivity index (χ3n) is 1.95. The highest BCUT2D eigenvalue weighted by Crippen LogP contribution is 2.09. The van der Waals surface area contributed by atoms with E-state index in [9.17, 15) is 13.2 Å². The molecule has 0 heterocycles. The number of nitrogens with two attached hydrogens (primary N) is 1. The first-order valence-electron chi connectivity index (χ1n) is 4.66. The number of nitrogens with zero attached hydrogens (tertiary/aromatic N) is 1. The first-order valence-corrected chi connectivity index (χ1v) is 6.48. The topological polar surface area (TPSA) is 113 Å². The summed E-state index contributed by atoms with van der Waals surface area (Å²) in [6.07, 6.45) is 0. The molecule has 1 amide bonds. The Morgan fingerprint density at radius 1 is 1.47 bits per heavy atom. The summed E-state index contributed by atoms with van der Waals surface area (Å²) in [5.74, 6) is 3.09. The standard InChI is InChI=1S/C10H11N3O3S/c11-5-8-2-1-3-9(4-8)6-17(15,16)7-10(14)13-12/h1-4H,6-7,12H2,(H,13,14). The van der Waals surface area contributed by atoms with Gasteiger partial charge in [0, 0.05) is 0 Å². The van der Waals surface area contributed by atoms with E-state index in [0.29, 0.717) is 11.1 Å². The fourth-order valence-electron chi connectivity index (χ4n) is 1.28. The molecule has 7 heteroatoms. The third-order valence-corrected chi connectivity index (χ3v) is 3.43. The summed E-state index contributed by atoms with van der Waals surface area (Å²) in [5.41, 5.74) is 2.60. The average molecular weight is 253 g/mol. The molecule has 0 bridgehead atoms. The van der Waals surface area contributed by atoms with E-state index in [2.05, 4.69) is 0 Å². The van der Waals surface area contributed by atoms with Gasteiger partial charge in [0.05, 0.1) is 17.4 Å². The summed E-state index contributed by atoms with van der Waals surface area (Å²) in [4.78, 5) is 10.9. The van der Waals surface area contributed by atoms with Gasteiger partial charge < -0.3 is 0 Å². The van der Waals surface area contributed by atoms with Crippen molar-refractivity contribution in [1.29, 1.82) is 5.26 Å². The first-order chi connectivity index (χ1) is 7.96. The molecule has 0 fully saturated rings. The molecule has 0 aliphatic carbocycles. The molecule has 0 saturated carbocycles. The number of sulfone groups is 1. The van der Waals surface area contributed by atoms with Crippen LogP contribution < -0.4 is 11.3 Å². The van der Waals surface area contributed by atoms with E-state index in [-0.39, 0.29) is 5.75 Å². The predicted molar refractivity (Wildman–Crippen MR) is 61.0 cm³/mol. The van der Waals surface area contributed by atoms with Crippen molar-refractivity contribution in [3.8, 4) is 6.07 Å². The first kappa shape index (κ1) is 13.2. The van der Waals surface area contributed by atoms with Crippen LogP contribution in [0.5, 0.6) is 0 Å². The Balaban J connectivity index is 2.83. The van der Waals surface area contributed by atoms with Gasteiger partial charge in [-0.2, -0.15) is 5.26 Å². The molecular weight excluding hydrogens is 242 g/mol. The zero-order valence-corrected chi connectivity index (χ0v) is 9.70. The van der Waals surface area contributed by atoms with Crippen LogP contribution in [0, 0.1) is 11.3 Å². The quantitative estimate of drug-likeness (QED) is 0.425. The highest BCUT2D eigenvalue weighted by atomic mass is 32.2. The number of nitriles is 1. The molecule has 0 saturated heterocycles. The lowest BCUT2D eigenvalue weighted by atomic mass is 10.2. The summed E-state index contributed by atoms with van der Waals surface area (Å²) < 4.78 is 23.1. The van der Waals surface area contributed by atoms with E-state index < -0.39 is 21.5 Å². The molecular formula is C10H11N3O3S. The lowest BCUT2D eigenvalue weighted by Gasteiger charge is -2.03. The molecule has 90 valence electrons. The Morgan fingerprint density at radius 2 is 2.18 bits per heavy atom. The molecule has 3 N–H and O–H groups in total. The maximum Gasteiger partial charge on any atom is 0.249 e. The fourth-order valence-corrected chi connectivity index (χ4v) is 2.55. The van der Waals surface area contributed by atoms with Crippen molar-refractivity contribution in [2.45, 2.75) is 5.75 Å². The van der Waals surface area contributed by atoms with Gasteiger partial charge in [-0.1, -0.05) is 12.1 Å². The van der Waals surface area contributed by atoms with E-state index >= 15 is 0 Å². The number of hydrazine groups is 1. The van der Waals surface area contributed by atoms with Crippen molar-refractivity contribution in [2.75, 3.05) is 5.75 Å². The lowest BCUT2D eigenvalue weighted by Crippen LogP contribution is -2.35. The molecule has 0 unspecified atom stereocenters. The number of carbonyl (C=O) groups is 1. The molecule has 1 aromatic rings. The summed E-state index contributed by atoms with van der Waals surface area (Å²) >= 11 is 0. The second-order valence-electron chi connectivity index (χ2n) is 3.41. The molecule has 0 spiro atoms. The largest absolute Gasteiger partial charge is 0.293 e. The van der Waals surface area contributed by atoms with Gasteiger partial charge in [0.25, 0.3) is 0 Å². The SMILES string of the molecule is N#Cc1cccc(CS(=O)(=O)CC(=O)NN)c1. The van der Waals surface area contributed by atoms with Gasteiger partial charge in [-0.3, -0.25) is 10.2 Å². The zero-order valence-electron chi connectivity index (χ0n) is 8.88. The number of hydrogen-bond acceptors (Lipinski definition) is 5. The molecule has 0 radical (unpaired) electrons. The predicted octanol–water partition coefficient (Wildman–Crippen LogP) is -0.537. The van der Waals surface area contributed by atoms with Crippen molar-refractivity contribution in [3.63, 3.8) is 0 Å². The number of rotatable bonds is 4. The van der Waals surface area contributed by atoms with Crippen LogP contribution in [0.4, 0.5) is 0 Å². The second kappa shape index (κ2) is 5.43. The Morgan fingerprint density at radius 3 is 2.76 bits per heavy atom. The average Bonchev–Trinajstić information content (AvgIpc) is 2.27. The van der Waals surface area contributed by atoms with Gasteiger partial charge >= 0.3 is 0 Å². The Kier molecular flexibility index (Phi) is 4.20. The van der Waals surface area contributed by atoms with Crippen molar-refractivity contribution in [2.24, 2.45) is 5.84 Å². The van der Waals surface area contributed by atoms with Crippen molar-refractivity contribution < 1.29 is 13.2 Å². The maximum atomic E-state index is 11.6. The Hall–Kier alpha value is -1.91. The third kappa shape index (κ3) is 4.22. The summed E-state index contributed by atoms with van der Waals surface area (Å²) in [6.45, 7) is 0. The summed E-state index contributed by atoms with van der Waals surface area (Å²) in [6, 6.07) is 8.13. The van der Waals surface area contributed by atoms with Gasteiger partial charge in [-0.25, -0.2) is 14.3 Å². The minimum absolute atomic E-state index is 0.296. The molecule has 0 aromatic heterocycles. The number of benzene rings is 1. The van der Waals surface area contributed by atoms with Crippen LogP contribution in [0.25, 0.3) is 0 Å². The van der Waals surface area contributed by atoms with Crippen LogP contribution in [-0.2, 0) is 20.4 Å². The van der Waals surface area contributed by atoms with E-state index in [1.807, 2.05) is 6.07 Å².